The first kappa shape index (κ1) is 11.4. The van der Waals surface area contributed by atoms with Crippen molar-refractivity contribution in [2.75, 3.05) is 6.61 Å². The predicted molar refractivity (Wildman–Crippen MR) is 65.1 cm³/mol. The molecule has 0 unspecified atom stereocenters. The second-order valence-electron chi connectivity index (χ2n) is 3.67. The molecule has 0 aliphatic rings. The minimum absolute atomic E-state index is 0.159. The number of aryl methyl sites for hydroxylation is 1. The number of nitrogens with zero attached hydrogens (tertiary/aromatic N) is 3. The molecule has 0 amide bonds. The molecule has 2 aromatic rings. The summed E-state index contributed by atoms with van der Waals surface area (Å²) >= 11 is 0. The maximum Gasteiger partial charge on any atom is 0.113 e. The number of terminal acetylenes is 1. The molecule has 0 fully saturated rings. The first-order valence-corrected chi connectivity index (χ1v) is 5.41. The van der Waals surface area contributed by atoms with Crippen LogP contribution in [-0.2, 0) is 6.54 Å². The Bertz CT molecular complexity index is 522. The van der Waals surface area contributed by atoms with Crippen LogP contribution in [0, 0.1) is 12.3 Å². The molecule has 0 saturated heterocycles. The van der Waals surface area contributed by atoms with Gasteiger partial charge in [0.25, 0.3) is 0 Å². The summed E-state index contributed by atoms with van der Waals surface area (Å²) in [6.07, 6.45) is 7.83. The molecule has 0 saturated carbocycles. The van der Waals surface area contributed by atoms with Crippen molar-refractivity contribution in [3.05, 3.63) is 36.0 Å². The van der Waals surface area contributed by atoms with Crippen LogP contribution in [0.25, 0.3) is 11.3 Å². The van der Waals surface area contributed by atoms with Crippen LogP contribution in [0.2, 0.25) is 0 Å². The van der Waals surface area contributed by atoms with E-state index < -0.39 is 0 Å². The van der Waals surface area contributed by atoms with E-state index in [1.807, 2.05) is 30.5 Å². The van der Waals surface area contributed by atoms with Gasteiger partial charge in [-0.05, 0) is 18.6 Å². The molecule has 0 spiro atoms. The Balaban J connectivity index is 2.16. The van der Waals surface area contributed by atoms with Crippen molar-refractivity contribution in [3.63, 3.8) is 0 Å². The van der Waals surface area contributed by atoms with Gasteiger partial charge >= 0.3 is 0 Å². The van der Waals surface area contributed by atoms with Gasteiger partial charge in [-0.2, -0.15) is 0 Å². The van der Waals surface area contributed by atoms with E-state index in [9.17, 15) is 0 Å². The van der Waals surface area contributed by atoms with Crippen LogP contribution in [0.15, 0.2) is 30.5 Å². The molecule has 17 heavy (non-hydrogen) atoms. The SMILES string of the molecule is C#Cc1ccc(-c2cn(CCCO)nn2)cc1. The Kier molecular flexibility index (Phi) is 3.53. The van der Waals surface area contributed by atoms with E-state index in [1.165, 1.54) is 0 Å². The summed E-state index contributed by atoms with van der Waals surface area (Å²) in [7, 11) is 0. The van der Waals surface area contributed by atoms with E-state index in [-0.39, 0.29) is 6.61 Å². The largest absolute Gasteiger partial charge is 0.396 e. The highest BCUT2D eigenvalue weighted by atomic mass is 16.3. The molecule has 0 aliphatic heterocycles. The van der Waals surface area contributed by atoms with Crippen LogP contribution in [0.3, 0.4) is 0 Å². The predicted octanol–water partition coefficient (Wildman–Crippen LogP) is 1.31. The van der Waals surface area contributed by atoms with Gasteiger partial charge in [-0.1, -0.05) is 23.3 Å². The normalized spacial score (nSPS) is 10.1. The molecule has 86 valence electrons. The van der Waals surface area contributed by atoms with E-state index in [0.717, 1.165) is 16.8 Å². The van der Waals surface area contributed by atoms with Crippen LogP contribution in [0.1, 0.15) is 12.0 Å². The first-order valence-electron chi connectivity index (χ1n) is 5.41. The molecule has 4 heteroatoms. The number of hydrogen-bond acceptors (Lipinski definition) is 3. The number of aromatic nitrogens is 3. The minimum atomic E-state index is 0.159. The van der Waals surface area contributed by atoms with Crippen molar-refractivity contribution in [1.82, 2.24) is 15.0 Å². The van der Waals surface area contributed by atoms with Gasteiger partial charge in [-0.25, -0.2) is 0 Å². The second kappa shape index (κ2) is 5.28. The summed E-state index contributed by atoms with van der Waals surface area (Å²) in [6.45, 7) is 0.831. The highest BCUT2D eigenvalue weighted by molar-refractivity contribution is 5.59. The zero-order chi connectivity index (χ0) is 12.1. The van der Waals surface area contributed by atoms with Crippen LogP contribution < -0.4 is 0 Å². The number of aliphatic hydroxyl groups excluding tert-OH is 1. The fraction of sp³-hybridized carbons (Fsp3) is 0.231. The van der Waals surface area contributed by atoms with Crippen LogP contribution >= 0.6 is 0 Å². The summed E-state index contributed by atoms with van der Waals surface area (Å²) in [4.78, 5) is 0. The highest BCUT2D eigenvalue weighted by Crippen LogP contribution is 2.16. The van der Waals surface area contributed by atoms with Crippen molar-refractivity contribution in [2.45, 2.75) is 13.0 Å². The minimum Gasteiger partial charge on any atom is -0.396 e. The Labute approximate surface area is 99.9 Å². The summed E-state index contributed by atoms with van der Waals surface area (Å²) < 4.78 is 1.72. The first-order chi connectivity index (χ1) is 8.33. The van der Waals surface area contributed by atoms with Crippen molar-refractivity contribution < 1.29 is 5.11 Å². The summed E-state index contributed by atoms with van der Waals surface area (Å²) in [5, 5.41) is 16.8. The second-order valence-corrected chi connectivity index (χ2v) is 3.67. The summed E-state index contributed by atoms with van der Waals surface area (Å²) in [6, 6.07) is 7.61. The number of hydrogen-bond donors (Lipinski definition) is 1. The van der Waals surface area contributed by atoms with Crippen molar-refractivity contribution in [3.8, 4) is 23.6 Å². The molecule has 1 heterocycles. The molecular weight excluding hydrogens is 214 g/mol. The zero-order valence-electron chi connectivity index (χ0n) is 9.37. The average molecular weight is 227 g/mol. The molecule has 4 nitrogen and oxygen atoms in total. The Hall–Kier alpha value is -2.12. The topological polar surface area (TPSA) is 50.9 Å². The Morgan fingerprint density at radius 3 is 2.71 bits per heavy atom. The lowest BCUT2D eigenvalue weighted by molar-refractivity contribution is 0.276. The number of aliphatic hydroxyl groups is 1. The van der Waals surface area contributed by atoms with Gasteiger partial charge in [-0.15, -0.1) is 11.5 Å². The molecule has 0 radical (unpaired) electrons. The Morgan fingerprint density at radius 1 is 1.29 bits per heavy atom. The van der Waals surface area contributed by atoms with Crippen molar-refractivity contribution >= 4 is 0 Å². The summed E-state index contributed by atoms with van der Waals surface area (Å²) in [5.41, 5.74) is 2.65. The number of rotatable bonds is 4. The molecule has 0 aliphatic carbocycles. The monoisotopic (exact) mass is 227 g/mol. The third kappa shape index (κ3) is 2.71. The standard InChI is InChI=1S/C13H13N3O/c1-2-11-4-6-12(7-5-11)13-10-16(15-14-13)8-3-9-17/h1,4-7,10,17H,3,8-9H2. The molecule has 1 N–H and O–H groups in total. The van der Waals surface area contributed by atoms with Crippen LogP contribution in [-0.4, -0.2) is 26.7 Å². The van der Waals surface area contributed by atoms with Crippen molar-refractivity contribution in [1.29, 1.82) is 0 Å². The third-order valence-electron chi connectivity index (χ3n) is 2.43. The molecule has 0 bridgehead atoms. The van der Waals surface area contributed by atoms with Gasteiger partial charge in [0.1, 0.15) is 5.69 Å². The van der Waals surface area contributed by atoms with Crippen LogP contribution in [0.5, 0.6) is 0 Å². The van der Waals surface area contributed by atoms with E-state index in [0.29, 0.717) is 13.0 Å². The van der Waals surface area contributed by atoms with Gasteiger partial charge in [0.2, 0.25) is 0 Å². The van der Waals surface area contributed by atoms with Gasteiger partial charge in [-0.3, -0.25) is 4.68 Å². The maximum absolute atomic E-state index is 8.73. The lowest BCUT2D eigenvalue weighted by Gasteiger charge is -1.96. The van der Waals surface area contributed by atoms with Gasteiger partial charge in [0.15, 0.2) is 0 Å². The molecule has 2 rings (SSSR count). The van der Waals surface area contributed by atoms with E-state index in [1.54, 1.807) is 4.68 Å². The van der Waals surface area contributed by atoms with Crippen molar-refractivity contribution in [2.24, 2.45) is 0 Å². The van der Waals surface area contributed by atoms with E-state index in [2.05, 4.69) is 16.2 Å². The molecule has 1 aromatic heterocycles. The maximum atomic E-state index is 8.73. The lowest BCUT2D eigenvalue weighted by Crippen LogP contribution is -2.00. The molecule has 1 aromatic carbocycles. The average Bonchev–Trinajstić information content (AvgIpc) is 2.85. The molecule has 0 atom stereocenters. The lowest BCUT2D eigenvalue weighted by atomic mass is 10.1. The van der Waals surface area contributed by atoms with E-state index in [4.69, 9.17) is 11.5 Å². The van der Waals surface area contributed by atoms with Crippen LogP contribution in [0.4, 0.5) is 0 Å². The fourth-order valence-electron chi connectivity index (χ4n) is 1.51. The van der Waals surface area contributed by atoms with Gasteiger partial charge < -0.3 is 5.11 Å². The Morgan fingerprint density at radius 2 is 2.06 bits per heavy atom. The number of benzene rings is 1. The smallest absolute Gasteiger partial charge is 0.113 e. The highest BCUT2D eigenvalue weighted by Gasteiger charge is 2.03. The summed E-state index contributed by atoms with van der Waals surface area (Å²) in [5.74, 6) is 2.57. The van der Waals surface area contributed by atoms with E-state index >= 15 is 0 Å². The quantitative estimate of drug-likeness (QED) is 0.801. The third-order valence-corrected chi connectivity index (χ3v) is 2.43. The molecular formula is C13H13N3O. The fourth-order valence-corrected chi connectivity index (χ4v) is 1.51. The zero-order valence-corrected chi connectivity index (χ0v) is 9.37. The van der Waals surface area contributed by atoms with Gasteiger partial charge in [0, 0.05) is 24.3 Å². The van der Waals surface area contributed by atoms with Gasteiger partial charge in [0.05, 0.1) is 6.20 Å².